The van der Waals surface area contributed by atoms with Gasteiger partial charge in [0.2, 0.25) is 0 Å². The van der Waals surface area contributed by atoms with Gasteiger partial charge in [0, 0.05) is 31.7 Å². The first-order valence-electron chi connectivity index (χ1n) is 15.1. The Morgan fingerprint density at radius 2 is 1.79 bits per heavy atom. The SMILES string of the molecule is C=CCOc1ccc(C(O)=C2C(=O)C(=O)N(CCCN3CCOCC3)C2c2ccc(OCCCCC)c(OC)c2)cc1C. The standard InChI is InChI=1S/C34H44N2O7/c1-5-7-8-19-43-28-13-10-25(23-29(28)40-4)31-30(32(37)26-11-12-27(24(3)22-26)42-18-6-2)33(38)34(39)36(31)15-9-14-35-16-20-41-21-17-35/h6,10-13,22-23,31,37H,2,5,7-9,14-21H2,1,3-4H3. The molecule has 0 aliphatic carbocycles. The number of aliphatic hydroxyl groups is 1. The molecule has 2 fully saturated rings. The first kappa shape index (κ1) is 32.1. The van der Waals surface area contributed by atoms with Gasteiger partial charge >= 0.3 is 0 Å². The molecule has 0 spiro atoms. The maximum Gasteiger partial charge on any atom is 0.295 e. The smallest absolute Gasteiger partial charge is 0.295 e. The highest BCUT2D eigenvalue weighted by molar-refractivity contribution is 6.46. The van der Waals surface area contributed by atoms with Gasteiger partial charge in [-0.15, -0.1) is 0 Å². The molecule has 2 heterocycles. The summed E-state index contributed by atoms with van der Waals surface area (Å²) in [6.07, 6.45) is 5.42. The fourth-order valence-corrected chi connectivity index (χ4v) is 5.52. The number of unbranched alkanes of at least 4 members (excludes halogenated alkanes) is 2. The number of amides is 1. The molecule has 0 radical (unpaired) electrons. The number of aryl methyl sites for hydroxylation is 1. The lowest BCUT2D eigenvalue weighted by Gasteiger charge is -2.29. The van der Waals surface area contributed by atoms with E-state index in [4.69, 9.17) is 18.9 Å². The average molecular weight is 593 g/mol. The van der Waals surface area contributed by atoms with Gasteiger partial charge in [0.1, 0.15) is 18.1 Å². The van der Waals surface area contributed by atoms with Crippen LogP contribution in [-0.4, -0.2) is 86.3 Å². The van der Waals surface area contributed by atoms with E-state index in [2.05, 4.69) is 18.4 Å². The minimum absolute atomic E-state index is 0.0502. The molecule has 43 heavy (non-hydrogen) atoms. The third-order valence-corrected chi connectivity index (χ3v) is 7.83. The minimum Gasteiger partial charge on any atom is -0.507 e. The number of methoxy groups -OCH3 is 1. The van der Waals surface area contributed by atoms with Crippen molar-refractivity contribution in [2.24, 2.45) is 0 Å². The fraction of sp³-hybridized carbons (Fsp3) is 0.471. The summed E-state index contributed by atoms with van der Waals surface area (Å²) in [5, 5.41) is 11.6. The molecule has 4 rings (SSSR count). The van der Waals surface area contributed by atoms with E-state index in [-0.39, 0.29) is 11.3 Å². The van der Waals surface area contributed by atoms with Crippen LogP contribution in [-0.2, 0) is 14.3 Å². The monoisotopic (exact) mass is 592 g/mol. The Morgan fingerprint density at radius 1 is 1.02 bits per heavy atom. The van der Waals surface area contributed by atoms with E-state index in [0.29, 0.717) is 67.8 Å². The molecule has 2 aliphatic rings. The number of morpholine rings is 1. The Labute approximate surface area is 254 Å². The second kappa shape index (κ2) is 15.6. The Kier molecular flexibility index (Phi) is 11.6. The van der Waals surface area contributed by atoms with Crippen LogP contribution >= 0.6 is 0 Å². The summed E-state index contributed by atoms with van der Waals surface area (Å²) in [4.78, 5) is 30.9. The summed E-state index contributed by atoms with van der Waals surface area (Å²) in [5.74, 6) is 0.185. The van der Waals surface area contributed by atoms with E-state index >= 15 is 0 Å². The summed E-state index contributed by atoms with van der Waals surface area (Å²) in [6.45, 7) is 12.8. The zero-order chi connectivity index (χ0) is 30.8. The van der Waals surface area contributed by atoms with Crippen molar-refractivity contribution in [3.8, 4) is 17.2 Å². The van der Waals surface area contributed by atoms with E-state index in [0.717, 1.165) is 44.5 Å². The predicted octanol–water partition coefficient (Wildman–Crippen LogP) is 5.28. The largest absolute Gasteiger partial charge is 0.507 e. The molecule has 9 heteroatoms. The first-order chi connectivity index (χ1) is 20.9. The molecule has 1 amide bonds. The summed E-state index contributed by atoms with van der Waals surface area (Å²) < 4.78 is 22.8. The minimum atomic E-state index is -0.787. The molecule has 9 nitrogen and oxygen atoms in total. The molecule has 232 valence electrons. The van der Waals surface area contributed by atoms with Crippen LogP contribution in [0.3, 0.4) is 0 Å². The van der Waals surface area contributed by atoms with Gasteiger partial charge in [-0.05, 0) is 61.2 Å². The lowest BCUT2D eigenvalue weighted by molar-refractivity contribution is -0.140. The van der Waals surface area contributed by atoms with Crippen molar-refractivity contribution in [3.05, 3.63) is 71.3 Å². The predicted molar refractivity (Wildman–Crippen MR) is 166 cm³/mol. The molecule has 0 bridgehead atoms. The normalized spacial score (nSPS) is 18.6. The molecule has 2 aromatic rings. The molecule has 2 aliphatic heterocycles. The van der Waals surface area contributed by atoms with Gasteiger partial charge in [0.25, 0.3) is 11.7 Å². The van der Waals surface area contributed by atoms with Crippen LogP contribution in [0.25, 0.3) is 5.76 Å². The summed E-state index contributed by atoms with van der Waals surface area (Å²) in [7, 11) is 1.57. The van der Waals surface area contributed by atoms with E-state index in [1.165, 1.54) is 0 Å². The maximum atomic E-state index is 13.6. The molecular formula is C34H44N2O7. The fourth-order valence-electron chi connectivity index (χ4n) is 5.52. The number of benzene rings is 2. The van der Waals surface area contributed by atoms with Crippen LogP contribution in [0.2, 0.25) is 0 Å². The number of ketones is 1. The van der Waals surface area contributed by atoms with Gasteiger partial charge in [-0.1, -0.05) is 38.5 Å². The quantitative estimate of drug-likeness (QED) is 0.0981. The van der Waals surface area contributed by atoms with E-state index in [1.807, 2.05) is 19.1 Å². The van der Waals surface area contributed by atoms with E-state index in [1.54, 1.807) is 42.4 Å². The van der Waals surface area contributed by atoms with Gasteiger partial charge in [0.15, 0.2) is 11.5 Å². The van der Waals surface area contributed by atoms with Crippen molar-refractivity contribution in [2.45, 2.75) is 45.6 Å². The topological polar surface area (TPSA) is 97.8 Å². The summed E-state index contributed by atoms with van der Waals surface area (Å²) in [5.41, 5.74) is 1.93. The molecule has 2 aromatic carbocycles. The number of rotatable bonds is 15. The van der Waals surface area contributed by atoms with Crippen molar-refractivity contribution in [1.29, 1.82) is 0 Å². The number of Topliss-reactive ketones (excluding diaryl/α,β-unsaturated/α-hetero) is 1. The van der Waals surface area contributed by atoms with Crippen molar-refractivity contribution in [1.82, 2.24) is 9.80 Å². The molecule has 0 saturated carbocycles. The van der Waals surface area contributed by atoms with Gasteiger partial charge in [0.05, 0.1) is 38.5 Å². The summed E-state index contributed by atoms with van der Waals surface area (Å²) >= 11 is 0. The van der Waals surface area contributed by atoms with Crippen molar-refractivity contribution in [2.75, 3.05) is 59.7 Å². The van der Waals surface area contributed by atoms with Crippen molar-refractivity contribution in [3.63, 3.8) is 0 Å². The highest BCUT2D eigenvalue weighted by Crippen LogP contribution is 2.42. The number of hydrogen-bond acceptors (Lipinski definition) is 8. The highest BCUT2D eigenvalue weighted by atomic mass is 16.5. The Bertz CT molecular complexity index is 1320. The van der Waals surface area contributed by atoms with Gasteiger partial charge in [-0.3, -0.25) is 14.5 Å². The van der Waals surface area contributed by atoms with Crippen molar-refractivity contribution >= 4 is 17.4 Å². The number of ether oxygens (including phenoxy) is 4. The lowest BCUT2D eigenvalue weighted by atomic mass is 9.94. The first-order valence-corrected chi connectivity index (χ1v) is 15.1. The Balaban J connectivity index is 1.69. The molecule has 1 unspecified atom stereocenters. The molecule has 1 N–H and O–H groups in total. The van der Waals surface area contributed by atoms with Crippen LogP contribution < -0.4 is 14.2 Å². The zero-order valence-electron chi connectivity index (χ0n) is 25.6. The Morgan fingerprint density at radius 3 is 2.49 bits per heavy atom. The number of carbonyl (C=O) groups is 2. The molecular weight excluding hydrogens is 548 g/mol. The second-order valence-electron chi connectivity index (χ2n) is 10.8. The van der Waals surface area contributed by atoms with E-state index in [9.17, 15) is 14.7 Å². The zero-order valence-corrected chi connectivity index (χ0v) is 25.6. The second-order valence-corrected chi connectivity index (χ2v) is 10.8. The third-order valence-electron chi connectivity index (χ3n) is 7.83. The van der Waals surface area contributed by atoms with Crippen LogP contribution in [0, 0.1) is 6.92 Å². The number of aliphatic hydroxyl groups excluding tert-OH is 1. The number of carbonyl (C=O) groups excluding carboxylic acids is 2. The molecule has 1 atom stereocenters. The van der Waals surface area contributed by atoms with Crippen molar-refractivity contribution < 1.29 is 33.6 Å². The maximum absolute atomic E-state index is 13.6. The van der Waals surface area contributed by atoms with Gasteiger partial charge in [-0.2, -0.15) is 0 Å². The van der Waals surface area contributed by atoms with E-state index < -0.39 is 17.7 Å². The number of likely N-dealkylation sites (tertiary alicyclic amines) is 1. The lowest BCUT2D eigenvalue weighted by Crippen LogP contribution is -2.39. The number of nitrogens with zero attached hydrogens (tertiary/aromatic N) is 2. The van der Waals surface area contributed by atoms with Gasteiger partial charge < -0.3 is 29.0 Å². The van der Waals surface area contributed by atoms with Crippen LogP contribution in [0.5, 0.6) is 17.2 Å². The van der Waals surface area contributed by atoms with Gasteiger partial charge in [-0.25, -0.2) is 0 Å². The molecule has 0 aromatic heterocycles. The number of hydrogen-bond donors (Lipinski definition) is 1. The summed E-state index contributed by atoms with van der Waals surface area (Å²) in [6, 6.07) is 9.85. The average Bonchev–Trinajstić information content (AvgIpc) is 3.27. The third kappa shape index (κ3) is 7.77. The van der Waals surface area contributed by atoms with Crippen LogP contribution in [0.15, 0.2) is 54.6 Å². The van der Waals surface area contributed by atoms with Crippen LogP contribution in [0.4, 0.5) is 0 Å². The highest BCUT2D eigenvalue weighted by Gasteiger charge is 2.46. The Hall–Kier alpha value is -3.82. The van der Waals surface area contributed by atoms with Crippen LogP contribution in [0.1, 0.15) is 55.3 Å². The molecule has 2 saturated heterocycles.